The van der Waals surface area contributed by atoms with Crippen LogP contribution >= 0.6 is 0 Å². The summed E-state index contributed by atoms with van der Waals surface area (Å²) in [7, 11) is 0. The van der Waals surface area contributed by atoms with Crippen molar-refractivity contribution in [3.05, 3.63) is 11.6 Å². The van der Waals surface area contributed by atoms with Crippen molar-refractivity contribution in [1.82, 2.24) is 0 Å². The Morgan fingerprint density at radius 1 is 1.50 bits per heavy atom. The van der Waals surface area contributed by atoms with Gasteiger partial charge in [-0.3, -0.25) is 0 Å². The summed E-state index contributed by atoms with van der Waals surface area (Å²) < 4.78 is 0. The lowest BCUT2D eigenvalue weighted by Crippen LogP contribution is -2.29. The zero-order valence-electron chi connectivity index (χ0n) is 6.15. The minimum absolute atomic E-state index is 0.490. The van der Waals surface area contributed by atoms with Gasteiger partial charge >= 0.3 is 0 Å². The zero-order valence-corrected chi connectivity index (χ0v) is 6.15. The summed E-state index contributed by atoms with van der Waals surface area (Å²) in [6.45, 7) is 9.06. The molecule has 0 aromatic rings. The average molecular weight is 110 g/mol. The van der Waals surface area contributed by atoms with E-state index in [-0.39, 0.29) is 0 Å². The monoisotopic (exact) mass is 110 g/mol. The first-order valence-electron chi connectivity index (χ1n) is 3.23. The van der Waals surface area contributed by atoms with Gasteiger partial charge in [0.25, 0.3) is 0 Å². The van der Waals surface area contributed by atoms with Gasteiger partial charge < -0.3 is 0 Å². The molecule has 1 atom stereocenters. The maximum Gasteiger partial charge on any atom is -0.0109 e. The molecule has 0 nitrogen and oxygen atoms in total. The van der Waals surface area contributed by atoms with Gasteiger partial charge in [0.05, 0.1) is 0 Å². The maximum absolute atomic E-state index is 2.34. The fourth-order valence-electron chi connectivity index (χ4n) is 1.33. The van der Waals surface area contributed by atoms with E-state index < -0.39 is 0 Å². The van der Waals surface area contributed by atoms with Crippen molar-refractivity contribution in [2.45, 2.75) is 27.7 Å². The Morgan fingerprint density at radius 2 is 2.00 bits per heavy atom. The van der Waals surface area contributed by atoms with Gasteiger partial charge in [-0.1, -0.05) is 32.4 Å². The van der Waals surface area contributed by atoms with Gasteiger partial charge in [-0.05, 0) is 18.3 Å². The third-order valence-corrected chi connectivity index (χ3v) is 2.40. The summed E-state index contributed by atoms with van der Waals surface area (Å²) in [4.78, 5) is 0. The second-order valence-corrected chi connectivity index (χ2v) is 3.43. The number of hydrogen-bond donors (Lipinski definition) is 0. The van der Waals surface area contributed by atoms with E-state index in [1.165, 1.54) is 0 Å². The normalized spacial score (nSPS) is 33.5. The van der Waals surface area contributed by atoms with E-state index in [0.717, 1.165) is 5.92 Å². The number of hydrogen-bond acceptors (Lipinski definition) is 0. The largest absolute Gasteiger partial charge is 0.0790 e. The Bertz CT molecular complexity index is 129. The molecule has 0 aromatic carbocycles. The second kappa shape index (κ2) is 1.37. The highest BCUT2D eigenvalue weighted by Gasteiger charge is 2.32. The van der Waals surface area contributed by atoms with Crippen LogP contribution in [0.3, 0.4) is 0 Å². The Balaban J connectivity index is 2.74. The molecular formula is C8H14. The molecule has 0 aliphatic heterocycles. The molecule has 0 aromatic heterocycles. The first-order chi connectivity index (χ1) is 3.54. The van der Waals surface area contributed by atoms with Gasteiger partial charge in [0.1, 0.15) is 0 Å². The molecule has 0 amide bonds. The number of allylic oxidation sites excluding steroid dienone is 2. The fraction of sp³-hybridized carbons (Fsp3) is 0.750. The lowest BCUT2D eigenvalue weighted by molar-refractivity contribution is 0.296. The van der Waals surface area contributed by atoms with Crippen LogP contribution < -0.4 is 0 Å². The highest BCUT2D eigenvalue weighted by atomic mass is 14.4. The average Bonchev–Trinajstić information content (AvgIpc) is 1.65. The summed E-state index contributed by atoms with van der Waals surface area (Å²) in [5.74, 6) is 0.808. The van der Waals surface area contributed by atoms with Crippen LogP contribution in [-0.4, -0.2) is 0 Å². The van der Waals surface area contributed by atoms with Crippen molar-refractivity contribution in [2.24, 2.45) is 11.3 Å². The Kier molecular flexibility index (Phi) is 1.00. The molecule has 1 aliphatic carbocycles. The molecule has 8 heavy (non-hydrogen) atoms. The molecule has 0 bridgehead atoms. The van der Waals surface area contributed by atoms with Gasteiger partial charge in [-0.2, -0.15) is 0 Å². The molecule has 0 saturated heterocycles. The van der Waals surface area contributed by atoms with Crippen molar-refractivity contribution < 1.29 is 0 Å². The zero-order chi connectivity index (χ0) is 6.36. The summed E-state index contributed by atoms with van der Waals surface area (Å²) in [6, 6.07) is 0. The van der Waals surface area contributed by atoms with Crippen LogP contribution in [0.4, 0.5) is 0 Å². The van der Waals surface area contributed by atoms with Crippen molar-refractivity contribution in [1.29, 1.82) is 0 Å². The van der Waals surface area contributed by atoms with Crippen LogP contribution in [0, 0.1) is 11.3 Å². The highest BCUT2D eigenvalue weighted by molar-refractivity contribution is 5.23. The van der Waals surface area contributed by atoms with Gasteiger partial charge in [0.15, 0.2) is 0 Å². The summed E-state index contributed by atoms with van der Waals surface area (Å²) in [6.07, 6.45) is 2.34. The topological polar surface area (TPSA) is 0 Å². The molecule has 0 saturated carbocycles. The fourth-order valence-corrected chi connectivity index (χ4v) is 1.33. The first kappa shape index (κ1) is 5.87. The molecule has 0 radical (unpaired) electrons. The highest BCUT2D eigenvalue weighted by Crippen LogP contribution is 2.43. The van der Waals surface area contributed by atoms with E-state index in [4.69, 9.17) is 0 Å². The van der Waals surface area contributed by atoms with Gasteiger partial charge in [0, 0.05) is 0 Å². The van der Waals surface area contributed by atoms with Crippen LogP contribution in [0.2, 0.25) is 0 Å². The Morgan fingerprint density at radius 3 is 2.00 bits per heavy atom. The van der Waals surface area contributed by atoms with E-state index in [2.05, 4.69) is 33.8 Å². The van der Waals surface area contributed by atoms with Crippen LogP contribution in [-0.2, 0) is 0 Å². The molecule has 1 unspecified atom stereocenters. The molecule has 0 fully saturated rings. The van der Waals surface area contributed by atoms with E-state index in [0.29, 0.717) is 5.41 Å². The quantitative estimate of drug-likeness (QED) is 0.420. The Labute approximate surface area is 51.6 Å². The second-order valence-electron chi connectivity index (χ2n) is 3.43. The predicted octanol–water partition coefficient (Wildman–Crippen LogP) is 2.61. The first-order valence-corrected chi connectivity index (χ1v) is 3.23. The van der Waals surface area contributed by atoms with Crippen LogP contribution in [0.15, 0.2) is 11.6 Å². The third kappa shape index (κ3) is 0.594. The number of rotatable bonds is 0. The molecule has 1 aliphatic rings. The third-order valence-electron chi connectivity index (χ3n) is 2.40. The summed E-state index contributed by atoms with van der Waals surface area (Å²) >= 11 is 0. The molecule has 46 valence electrons. The van der Waals surface area contributed by atoms with Crippen molar-refractivity contribution in [3.63, 3.8) is 0 Å². The summed E-state index contributed by atoms with van der Waals surface area (Å²) in [5, 5.41) is 0. The SMILES string of the molecule is CC1=CC(C)(C)C1C. The van der Waals surface area contributed by atoms with Crippen molar-refractivity contribution >= 4 is 0 Å². The molecule has 0 spiro atoms. The minimum atomic E-state index is 0.490. The smallest absolute Gasteiger partial charge is 0.0109 e. The molecule has 0 heterocycles. The Hall–Kier alpha value is -0.260. The lowest BCUT2D eigenvalue weighted by Gasteiger charge is -2.39. The molecule has 0 N–H and O–H groups in total. The van der Waals surface area contributed by atoms with E-state index >= 15 is 0 Å². The van der Waals surface area contributed by atoms with Gasteiger partial charge in [0.2, 0.25) is 0 Å². The molecule has 1 rings (SSSR count). The molecular weight excluding hydrogens is 96.1 g/mol. The van der Waals surface area contributed by atoms with Crippen LogP contribution in [0.5, 0.6) is 0 Å². The van der Waals surface area contributed by atoms with E-state index in [1.54, 1.807) is 5.57 Å². The van der Waals surface area contributed by atoms with Crippen molar-refractivity contribution in [2.75, 3.05) is 0 Å². The standard InChI is InChI=1S/C8H14/c1-6-5-8(3,4)7(6)2/h5,7H,1-4H3. The molecule has 0 heteroatoms. The minimum Gasteiger partial charge on any atom is -0.0790 e. The van der Waals surface area contributed by atoms with Crippen LogP contribution in [0.1, 0.15) is 27.7 Å². The van der Waals surface area contributed by atoms with Gasteiger partial charge in [-0.25, -0.2) is 0 Å². The lowest BCUT2D eigenvalue weighted by atomic mass is 9.66. The maximum atomic E-state index is 2.34. The predicted molar refractivity (Wildman–Crippen MR) is 36.7 cm³/mol. The van der Waals surface area contributed by atoms with Crippen LogP contribution in [0.25, 0.3) is 0 Å². The van der Waals surface area contributed by atoms with Crippen molar-refractivity contribution in [3.8, 4) is 0 Å². The van der Waals surface area contributed by atoms with Gasteiger partial charge in [-0.15, -0.1) is 0 Å². The van der Waals surface area contributed by atoms with E-state index in [9.17, 15) is 0 Å². The summed E-state index contributed by atoms with van der Waals surface area (Å²) in [5.41, 5.74) is 2.04. The van der Waals surface area contributed by atoms with E-state index in [1.807, 2.05) is 0 Å².